The quantitative estimate of drug-likeness (QED) is 0.589. The predicted molar refractivity (Wildman–Crippen MR) is 45.2 cm³/mol. The van der Waals surface area contributed by atoms with Crippen LogP contribution >= 0.6 is 0 Å². The molecule has 0 spiro atoms. The Morgan fingerprint density at radius 3 is 2.60 bits per heavy atom. The first-order valence-corrected chi connectivity index (χ1v) is 5.65. The van der Waals surface area contributed by atoms with Crippen molar-refractivity contribution < 1.29 is 4.74 Å². The van der Waals surface area contributed by atoms with Gasteiger partial charge >= 0.3 is 71.0 Å². The standard InChI is InChI=1S/C7H16AsNO/c8-2-1-3-9-4-6-10-7-5-9/h1-8H2. The molecular formula is C7H16AsNO. The van der Waals surface area contributed by atoms with Crippen LogP contribution in [0.1, 0.15) is 6.42 Å². The van der Waals surface area contributed by atoms with Crippen molar-refractivity contribution in [1.29, 1.82) is 0 Å². The molecule has 1 aliphatic rings. The molecule has 0 aliphatic carbocycles. The zero-order chi connectivity index (χ0) is 7.23. The van der Waals surface area contributed by atoms with Crippen LogP contribution in [-0.2, 0) is 4.74 Å². The van der Waals surface area contributed by atoms with E-state index in [1.165, 1.54) is 18.2 Å². The van der Waals surface area contributed by atoms with Crippen molar-refractivity contribution in [2.24, 2.45) is 0 Å². The third-order valence-electron chi connectivity index (χ3n) is 1.78. The van der Waals surface area contributed by atoms with E-state index in [0.29, 0.717) is 0 Å². The van der Waals surface area contributed by atoms with Gasteiger partial charge in [-0.05, 0) is 0 Å². The van der Waals surface area contributed by atoms with Crippen molar-refractivity contribution in [3.8, 4) is 0 Å². The molecule has 1 rings (SSSR count). The SMILES string of the molecule is [AsH2]CCCN1CCOCC1. The van der Waals surface area contributed by atoms with Gasteiger partial charge in [-0.2, -0.15) is 0 Å². The molecule has 0 aromatic rings. The summed E-state index contributed by atoms with van der Waals surface area (Å²) < 4.78 is 5.24. The number of hydrogen-bond donors (Lipinski definition) is 0. The van der Waals surface area contributed by atoms with E-state index in [0.717, 1.165) is 26.3 Å². The van der Waals surface area contributed by atoms with E-state index in [1.807, 2.05) is 16.9 Å². The Morgan fingerprint density at radius 1 is 1.30 bits per heavy atom. The van der Waals surface area contributed by atoms with Gasteiger partial charge in [0.15, 0.2) is 0 Å². The Morgan fingerprint density at radius 2 is 2.00 bits per heavy atom. The molecule has 1 aliphatic heterocycles. The zero-order valence-electron chi connectivity index (χ0n) is 6.38. The van der Waals surface area contributed by atoms with E-state index in [4.69, 9.17) is 4.74 Å². The van der Waals surface area contributed by atoms with Gasteiger partial charge in [0.2, 0.25) is 0 Å². The Hall–Kier alpha value is 0.478. The van der Waals surface area contributed by atoms with Crippen LogP contribution in [0, 0.1) is 0 Å². The zero-order valence-corrected chi connectivity index (χ0v) is 8.81. The molecule has 0 saturated carbocycles. The van der Waals surface area contributed by atoms with Gasteiger partial charge in [0.25, 0.3) is 0 Å². The van der Waals surface area contributed by atoms with E-state index >= 15 is 0 Å². The molecule has 0 N–H and O–H groups in total. The van der Waals surface area contributed by atoms with E-state index in [9.17, 15) is 0 Å². The molecule has 1 fully saturated rings. The summed E-state index contributed by atoms with van der Waals surface area (Å²) in [5.74, 6) is 0. The first-order valence-electron chi connectivity index (χ1n) is 3.93. The third-order valence-corrected chi connectivity index (χ3v) is 2.64. The fourth-order valence-corrected chi connectivity index (χ4v) is 1.52. The van der Waals surface area contributed by atoms with Crippen LogP contribution < -0.4 is 0 Å². The summed E-state index contributed by atoms with van der Waals surface area (Å²) in [5, 5.41) is 1.37. The Labute approximate surface area is 71.4 Å². The number of morpholine rings is 1. The number of ether oxygens (including phenoxy) is 1. The van der Waals surface area contributed by atoms with Gasteiger partial charge in [0.1, 0.15) is 0 Å². The molecule has 1 heterocycles. The second-order valence-corrected chi connectivity index (χ2v) is 3.81. The predicted octanol–water partition coefficient (Wildman–Crippen LogP) is -0.240. The van der Waals surface area contributed by atoms with Crippen LogP contribution in [0.15, 0.2) is 0 Å². The molecule has 0 aromatic heterocycles. The van der Waals surface area contributed by atoms with E-state index in [-0.39, 0.29) is 0 Å². The molecule has 3 heteroatoms. The van der Waals surface area contributed by atoms with Gasteiger partial charge in [0, 0.05) is 0 Å². The number of hydrogen-bond acceptors (Lipinski definition) is 2. The summed E-state index contributed by atoms with van der Waals surface area (Å²) >= 11 is 1.84. The Balaban J connectivity index is 2.02. The second kappa shape index (κ2) is 5.17. The third kappa shape index (κ3) is 3.05. The van der Waals surface area contributed by atoms with Crippen molar-refractivity contribution in [3.63, 3.8) is 0 Å². The van der Waals surface area contributed by atoms with Crippen LogP contribution in [0.5, 0.6) is 0 Å². The number of rotatable bonds is 3. The maximum absolute atomic E-state index is 5.24. The van der Waals surface area contributed by atoms with E-state index in [1.54, 1.807) is 0 Å². The summed E-state index contributed by atoms with van der Waals surface area (Å²) in [5.41, 5.74) is 0. The topological polar surface area (TPSA) is 12.5 Å². The second-order valence-electron chi connectivity index (χ2n) is 2.60. The minimum absolute atomic E-state index is 0.939. The first kappa shape index (κ1) is 8.57. The van der Waals surface area contributed by atoms with Crippen LogP contribution in [0.2, 0.25) is 5.21 Å². The van der Waals surface area contributed by atoms with E-state index < -0.39 is 0 Å². The van der Waals surface area contributed by atoms with Crippen LogP contribution in [-0.4, -0.2) is 54.6 Å². The first-order chi connectivity index (χ1) is 4.93. The van der Waals surface area contributed by atoms with Crippen LogP contribution in [0.25, 0.3) is 0 Å². The molecule has 0 amide bonds. The normalized spacial score (nSPS) is 21.3. The monoisotopic (exact) mass is 205 g/mol. The van der Waals surface area contributed by atoms with Crippen molar-refractivity contribution in [2.75, 3.05) is 32.8 Å². The van der Waals surface area contributed by atoms with Crippen molar-refractivity contribution >= 4 is 16.9 Å². The van der Waals surface area contributed by atoms with Crippen molar-refractivity contribution in [3.05, 3.63) is 0 Å². The average molecular weight is 205 g/mol. The van der Waals surface area contributed by atoms with Crippen molar-refractivity contribution in [1.82, 2.24) is 4.90 Å². The molecule has 0 radical (unpaired) electrons. The van der Waals surface area contributed by atoms with Gasteiger partial charge in [0.05, 0.1) is 0 Å². The molecule has 2 nitrogen and oxygen atoms in total. The molecule has 0 bridgehead atoms. The van der Waals surface area contributed by atoms with Gasteiger partial charge in [-0.15, -0.1) is 0 Å². The molecule has 1 atom stereocenters. The van der Waals surface area contributed by atoms with E-state index in [2.05, 4.69) is 4.90 Å². The molecule has 10 heavy (non-hydrogen) atoms. The Kier molecular flexibility index (Phi) is 4.43. The fraction of sp³-hybridized carbons (Fsp3) is 1.00. The molecule has 0 aromatic carbocycles. The average Bonchev–Trinajstić information content (AvgIpc) is 2.03. The molecule has 1 saturated heterocycles. The van der Waals surface area contributed by atoms with Gasteiger partial charge in [-0.3, -0.25) is 0 Å². The van der Waals surface area contributed by atoms with Crippen LogP contribution in [0.3, 0.4) is 0 Å². The van der Waals surface area contributed by atoms with Gasteiger partial charge in [-0.25, -0.2) is 0 Å². The van der Waals surface area contributed by atoms with Crippen LogP contribution in [0.4, 0.5) is 0 Å². The Bertz CT molecular complexity index is 83.7. The van der Waals surface area contributed by atoms with Gasteiger partial charge in [-0.1, -0.05) is 0 Å². The summed E-state index contributed by atoms with van der Waals surface area (Å²) in [6.45, 7) is 5.45. The summed E-state index contributed by atoms with van der Waals surface area (Å²) in [6.07, 6.45) is 1.36. The summed E-state index contributed by atoms with van der Waals surface area (Å²) in [7, 11) is 0. The van der Waals surface area contributed by atoms with Gasteiger partial charge < -0.3 is 0 Å². The molecular weight excluding hydrogens is 189 g/mol. The molecule has 1 unspecified atom stereocenters. The summed E-state index contributed by atoms with van der Waals surface area (Å²) in [6, 6.07) is 0. The number of nitrogens with zero attached hydrogens (tertiary/aromatic N) is 1. The summed E-state index contributed by atoms with van der Waals surface area (Å²) in [4.78, 5) is 2.49. The maximum atomic E-state index is 5.24. The van der Waals surface area contributed by atoms with Crippen molar-refractivity contribution in [2.45, 2.75) is 11.6 Å². The minimum atomic E-state index is 0.939. The fourth-order valence-electron chi connectivity index (χ4n) is 1.14. The molecule has 60 valence electrons.